The van der Waals surface area contributed by atoms with Gasteiger partial charge in [0.2, 0.25) is 5.91 Å². The minimum atomic E-state index is -0.247. The van der Waals surface area contributed by atoms with E-state index in [0.717, 1.165) is 24.3 Å². The molecule has 1 aromatic rings. The van der Waals surface area contributed by atoms with E-state index in [9.17, 15) is 4.79 Å². The van der Waals surface area contributed by atoms with Crippen molar-refractivity contribution in [3.8, 4) is 11.8 Å². The zero-order valence-electron chi connectivity index (χ0n) is 12.0. The van der Waals surface area contributed by atoms with E-state index in [-0.39, 0.29) is 12.3 Å². The van der Waals surface area contributed by atoms with E-state index in [0.29, 0.717) is 6.54 Å². The highest BCUT2D eigenvalue weighted by atomic mass is 16.5. The molecule has 1 rings (SSSR count). The summed E-state index contributed by atoms with van der Waals surface area (Å²) in [5.41, 5.74) is 0.995. The summed E-state index contributed by atoms with van der Waals surface area (Å²) in [6.07, 6.45) is 4.68. The minimum Gasteiger partial charge on any atom is -0.494 e. The van der Waals surface area contributed by atoms with Gasteiger partial charge in [-0.1, -0.05) is 38.3 Å². The molecule has 4 heteroatoms. The Labute approximate surface area is 120 Å². The summed E-state index contributed by atoms with van der Waals surface area (Å²) in [4.78, 5) is 11.2. The molecule has 20 heavy (non-hydrogen) atoms. The molecule has 0 bridgehead atoms. The van der Waals surface area contributed by atoms with Gasteiger partial charge in [0.1, 0.15) is 12.2 Å². The van der Waals surface area contributed by atoms with Crippen molar-refractivity contribution in [1.29, 1.82) is 5.26 Å². The van der Waals surface area contributed by atoms with Crippen LogP contribution in [0.2, 0.25) is 0 Å². The van der Waals surface area contributed by atoms with Crippen molar-refractivity contribution in [2.45, 2.75) is 45.6 Å². The van der Waals surface area contributed by atoms with Gasteiger partial charge in [0.25, 0.3) is 0 Å². The highest BCUT2D eigenvalue weighted by Gasteiger charge is 2.00. The van der Waals surface area contributed by atoms with Crippen LogP contribution in [0, 0.1) is 11.3 Å². The number of nitrogens with one attached hydrogen (secondary N) is 1. The van der Waals surface area contributed by atoms with Crippen LogP contribution in [0.1, 0.15) is 44.6 Å². The molecule has 0 spiro atoms. The number of nitriles is 1. The molecule has 1 aromatic carbocycles. The first-order valence-corrected chi connectivity index (χ1v) is 7.11. The monoisotopic (exact) mass is 274 g/mol. The van der Waals surface area contributed by atoms with Gasteiger partial charge in [0.15, 0.2) is 0 Å². The number of carbonyl (C=O) groups is 1. The molecule has 4 nitrogen and oxygen atoms in total. The molecule has 0 aliphatic carbocycles. The van der Waals surface area contributed by atoms with Crippen LogP contribution in [-0.2, 0) is 11.3 Å². The lowest BCUT2D eigenvalue weighted by Crippen LogP contribution is -2.21. The lowest BCUT2D eigenvalue weighted by atomic mass is 10.2. The Bertz CT molecular complexity index is 435. The Morgan fingerprint density at radius 1 is 1.25 bits per heavy atom. The van der Waals surface area contributed by atoms with Crippen LogP contribution in [0.5, 0.6) is 5.75 Å². The number of rotatable bonds is 9. The lowest BCUT2D eigenvalue weighted by Gasteiger charge is -2.07. The number of benzene rings is 1. The number of hydrogen-bond acceptors (Lipinski definition) is 3. The fourth-order valence-corrected chi connectivity index (χ4v) is 1.76. The maximum absolute atomic E-state index is 11.2. The van der Waals surface area contributed by atoms with Gasteiger partial charge in [0.05, 0.1) is 12.7 Å². The average molecular weight is 274 g/mol. The van der Waals surface area contributed by atoms with Crippen LogP contribution >= 0.6 is 0 Å². The summed E-state index contributed by atoms with van der Waals surface area (Å²) in [7, 11) is 0. The van der Waals surface area contributed by atoms with Crippen molar-refractivity contribution in [3.63, 3.8) is 0 Å². The fourth-order valence-electron chi connectivity index (χ4n) is 1.76. The van der Waals surface area contributed by atoms with Gasteiger partial charge in [-0.2, -0.15) is 5.26 Å². The third-order valence-corrected chi connectivity index (χ3v) is 2.92. The second-order valence-electron chi connectivity index (χ2n) is 4.66. The maximum Gasteiger partial charge on any atom is 0.234 e. The van der Waals surface area contributed by atoms with Gasteiger partial charge in [-0.3, -0.25) is 4.79 Å². The zero-order chi connectivity index (χ0) is 14.6. The van der Waals surface area contributed by atoms with Gasteiger partial charge < -0.3 is 10.1 Å². The van der Waals surface area contributed by atoms with Crippen LogP contribution in [0.15, 0.2) is 24.3 Å². The second kappa shape index (κ2) is 9.85. The highest BCUT2D eigenvalue weighted by molar-refractivity contribution is 5.77. The number of unbranched alkanes of at least 4 members (excludes halogenated alkanes) is 3. The van der Waals surface area contributed by atoms with Crippen molar-refractivity contribution in [1.82, 2.24) is 5.32 Å². The Hall–Kier alpha value is -2.02. The normalized spacial score (nSPS) is 9.80. The molecule has 0 aliphatic rings. The quantitative estimate of drug-likeness (QED) is 0.703. The molecule has 0 saturated heterocycles. The molecule has 1 amide bonds. The first-order valence-electron chi connectivity index (χ1n) is 7.11. The SMILES string of the molecule is CCCCCCOc1ccc(CNC(=O)CC#N)cc1. The summed E-state index contributed by atoms with van der Waals surface area (Å²) >= 11 is 0. The Balaban J connectivity index is 2.26. The molecule has 0 radical (unpaired) electrons. The van der Waals surface area contributed by atoms with Crippen LogP contribution in [-0.4, -0.2) is 12.5 Å². The lowest BCUT2D eigenvalue weighted by molar-refractivity contribution is -0.120. The van der Waals surface area contributed by atoms with E-state index in [1.807, 2.05) is 30.3 Å². The number of hydrogen-bond donors (Lipinski definition) is 1. The first kappa shape index (κ1) is 16.0. The van der Waals surface area contributed by atoms with E-state index in [4.69, 9.17) is 10.00 Å². The summed E-state index contributed by atoms with van der Waals surface area (Å²) in [6.45, 7) is 3.38. The minimum absolute atomic E-state index is 0.0983. The van der Waals surface area contributed by atoms with Crippen molar-refractivity contribution in [3.05, 3.63) is 29.8 Å². The summed E-state index contributed by atoms with van der Waals surface area (Å²) in [5, 5.41) is 11.1. The number of carbonyl (C=O) groups excluding carboxylic acids is 1. The van der Waals surface area contributed by atoms with E-state index < -0.39 is 0 Å². The van der Waals surface area contributed by atoms with Crippen LogP contribution in [0.4, 0.5) is 0 Å². The molecular formula is C16H22N2O2. The Morgan fingerprint density at radius 3 is 2.65 bits per heavy atom. The van der Waals surface area contributed by atoms with Crippen molar-refractivity contribution >= 4 is 5.91 Å². The van der Waals surface area contributed by atoms with E-state index in [1.165, 1.54) is 19.3 Å². The largest absolute Gasteiger partial charge is 0.494 e. The number of ether oxygens (including phenoxy) is 1. The van der Waals surface area contributed by atoms with Gasteiger partial charge in [-0.25, -0.2) is 0 Å². The highest BCUT2D eigenvalue weighted by Crippen LogP contribution is 2.13. The Morgan fingerprint density at radius 2 is 2.00 bits per heavy atom. The van der Waals surface area contributed by atoms with E-state index in [2.05, 4.69) is 12.2 Å². The van der Waals surface area contributed by atoms with Crippen LogP contribution in [0.3, 0.4) is 0 Å². The third kappa shape index (κ3) is 6.79. The molecule has 0 saturated carbocycles. The molecule has 1 N–H and O–H groups in total. The smallest absolute Gasteiger partial charge is 0.234 e. The van der Waals surface area contributed by atoms with Gasteiger partial charge in [0, 0.05) is 6.54 Å². The number of amides is 1. The molecule has 0 fully saturated rings. The summed E-state index contributed by atoms with van der Waals surface area (Å²) in [5.74, 6) is 0.609. The van der Waals surface area contributed by atoms with Gasteiger partial charge >= 0.3 is 0 Å². The van der Waals surface area contributed by atoms with E-state index in [1.54, 1.807) is 0 Å². The standard InChI is InChI=1S/C16H22N2O2/c1-2-3-4-5-12-20-15-8-6-14(7-9-15)13-18-16(19)10-11-17/h6-9H,2-5,10,12-13H2,1H3,(H,18,19). The zero-order valence-corrected chi connectivity index (χ0v) is 12.0. The summed E-state index contributed by atoms with van der Waals surface area (Å²) in [6, 6.07) is 9.48. The molecular weight excluding hydrogens is 252 g/mol. The topological polar surface area (TPSA) is 62.1 Å². The molecule has 0 heterocycles. The number of nitrogens with zero attached hydrogens (tertiary/aromatic N) is 1. The molecule has 0 atom stereocenters. The predicted octanol–water partition coefficient (Wildman–Crippen LogP) is 3.18. The molecule has 0 aromatic heterocycles. The Kier molecular flexibility index (Phi) is 7.90. The molecule has 0 unspecified atom stereocenters. The average Bonchev–Trinajstić information content (AvgIpc) is 2.46. The van der Waals surface area contributed by atoms with Gasteiger partial charge in [-0.15, -0.1) is 0 Å². The maximum atomic E-state index is 11.2. The molecule has 108 valence electrons. The van der Waals surface area contributed by atoms with Crippen molar-refractivity contribution in [2.75, 3.05) is 6.61 Å². The van der Waals surface area contributed by atoms with Crippen molar-refractivity contribution in [2.24, 2.45) is 0 Å². The van der Waals surface area contributed by atoms with E-state index >= 15 is 0 Å². The predicted molar refractivity (Wildman–Crippen MR) is 78.2 cm³/mol. The first-order chi connectivity index (χ1) is 9.76. The van der Waals surface area contributed by atoms with Crippen LogP contribution < -0.4 is 10.1 Å². The molecule has 0 aliphatic heterocycles. The second-order valence-corrected chi connectivity index (χ2v) is 4.66. The summed E-state index contributed by atoms with van der Waals surface area (Å²) < 4.78 is 5.64. The van der Waals surface area contributed by atoms with Crippen LogP contribution in [0.25, 0.3) is 0 Å². The third-order valence-electron chi connectivity index (χ3n) is 2.92. The van der Waals surface area contributed by atoms with Gasteiger partial charge in [-0.05, 0) is 24.1 Å². The fraction of sp³-hybridized carbons (Fsp3) is 0.500. The van der Waals surface area contributed by atoms with Crippen molar-refractivity contribution < 1.29 is 9.53 Å².